The van der Waals surface area contributed by atoms with Crippen molar-refractivity contribution in [1.29, 1.82) is 0 Å². The largest absolute Gasteiger partial charge is 0.465 e. The van der Waals surface area contributed by atoms with E-state index < -0.39 is 11.9 Å². The summed E-state index contributed by atoms with van der Waals surface area (Å²) in [4.78, 5) is 23.9. The Balaban J connectivity index is 1.89. The van der Waals surface area contributed by atoms with Gasteiger partial charge in [0.25, 0.3) is 5.91 Å². The second-order valence-corrected chi connectivity index (χ2v) is 5.10. The molecule has 0 aliphatic heterocycles. The van der Waals surface area contributed by atoms with Gasteiger partial charge < -0.3 is 10.1 Å². The van der Waals surface area contributed by atoms with Gasteiger partial charge in [0, 0.05) is 11.9 Å². The fourth-order valence-electron chi connectivity index (χ4n) is 2.15. The number of anilines is 1. The Morgan fingerprint density at radius 3 is 2.78 bits per heavy atom. The molecule has 1 N–H and O–H groups in total. The molecular weight excluding hydrogens is 318 g/mol. The number of nitrogens with one attached hydrogen (secondary N) is 1. The summed E-state index contributed by atoms with van der Waals surface area (Å²) in [6.07, 6.45) is 1.70. The first kappa shape index (κ1) is 15.1. The summed E-state index contributed by atoms with van der Waals surface area (Å²) in [6.45, 7) is 0. The number of pyridine rings is 1. The Hall–Kier alpha value is -2.86. The van der Waals surface area contributed by atoms with Crippen LogP contribution in [-0.2, 0) is 4.74 Å². The predicted molar refractivity (Wildman–Crippen MR) is 85.9 cm³/mol. The molecule has 0 saturated heterocycles. The lowest BCUT2D eigenvalue weighted by Crippen LogP contribution is -2.13. The Labute approximate surface area is 136 Å². The van der Waals surface area contributed by atoms with E-state index in [0.29, 0.717) is 16.8 Å². The fraction of sp³-hybridized carbons (Fsp3) is 0.0625. The lowest BCUT2D eigenvalue weighted by atomic mass is 10.2. The number of carbonyl (C=O) groups excluding carboxylic acids is 2. The summed E-state index contributed by atoms with van der Waals surface area (Å²) >= 11 is 6.20. The van der Waals surface area contributed by atoms with Crippen LogP contribution >= 0.6 is 11.6 Å². The summed E-state index contributed by atoms with van der Waals surface area (Å²) in [5, 5.41) is 7.11. The lowest BCUT2D eigenvalue weighted by Gasteiger charge is -2.05. The third-order valence-electron chi connectivity index (χ3n) is 3.24. The number of amides is 1. The molecule has 23 heavy (non-hydrogen) atoms. The molecule has 3 rings (SSSR count). The van der Waals surface area contributed by atoms with Crippen LogP contribution in [0.2, 0.25) is 5.02 Å². The van der Waals surface area contributed by atoms with Crippen molar-refractivity contribution in [2.24, 2.45) is 0 Å². The van der Waals surface area contributed by atoms with E-state index in [4.69, 9.17) is 11.6 Å². The van der Waals surface area contributed by atoms with Crippen LogP contribution in [0.3, 0.4) is 0 Å². The van der Waals surface area contributed by atoms with E-state index in [1.807, 2.05) is 6.07 Å². The van der Waals surface area contributed by atoms with Gasteiger partial charge in [-0.05, 0) is 30.3 Å². The molecule has 0 aliphatic rings. The smallest absolute Gasteiger partial charge is 0.337 e. The standard InChI is InChI=1S/C16H12ClN3O3/c1-23-16(22)10-5-4-6-11(9-10)18-15(21)14-13(17)12-7-2-3-8-20(12)19-14/h2-9H,1H3,(H,18,21). The van der Waals surface area contributed by atoms with E-state index in [1.165, 1.54) is 17.7 Å². The van der Waals surface area contributed by atoms with E-state index in [9.17, 15) is 9.59 Å². The Morgan fingerprint density at radius 2 is 2.04 bits per heavy atom. The topological polar surface area (TPSA) is 72.7 Å². The maximum Gasteiger partial charge on any atom is 0.337 e. The van der Waals surface area contributed by atoms with Crippen LogP contribution in [0.5, 0.6) is 0 Å². The molecule has 0 bridgehead atoms. The van der Waals surface area contributed by atoms with Gasteiger partial charge in [-0.2, -0.15) is 5.10 Å². The second kappa shape index (κ2) is 6.10. The summed E-state index contributed by atoms with van der Waals surface area (Å²) in [6, 6.07) is 11.8. The van der Waals surface area contributed by atoms with Crippen LogP contribution in [0, 0.1) is 0 Å². The number of nitrogens with zero attached hydrogens (tertiary/aromatic N) is 2. The Bertz CT molecular complexity index is 904. The van der Waals surface area contributed by atoms with Crippen LogP contribution in [0.4, 0.5) is 5.69 Å². The normalized spacial score (nSPS) is 10.5. The average molecular weight is 330 g/mol. The van der Waals surface area contributed by atoms with E-state index in [2.05, 4.69) is 15.2 Å². The van der Waals surface area contributed by atoms with Gasteiger partial charge >= 0.3 is 5.97 Å². The van der Waals surface area contributed by atoms with E-state index in [1.54, 1.807) is 36.5 Å². The van der Waals surface area contributed by atoms with Gasteiger partial charge in [0.1, 0.15) is 0 Å². The SMILES string of the molecule is COC(=O)c1cccc(NC(=O)c2nn3ccccc3c2Cl)c1. The molecule has 2 aromatic heterocycles. The second-order valence-electron chi connectivity index (χ2n) is 4.72. The molecule has 6 nitrogen and oxygen atoms in total. The molecule has 1 aromatic carbocycles. The molecule has 1 amide bonds. The summed E-state index contributed by atoms with van der Waals surface area (Å²) < 4.78 is 6.18. The first-order valence-electron chi connectivity index (χ1n) is 6.73. The number of methoxy groups -OCH3 is 1. The number of aromatic nitrogens is 2. The van der Waals surface area contributed by atoms with Gasteiger partial charge in [0.2, 0.25) is 0 Å². The molecular formula is C16H12ClN3O3. The number of rotatable bonds is 3. The number of hydrogen-bond acceptors (Lipinski definition) is 4. The molecule has 7 heteroatoms. The maximum atomic E-state index is 12.4. The minimum absolute atomic E-state index is 0.112. The highest BCUT2D eigenvalue weighted by atomic mass is 35.5. The molecule has 0 unspecified atom stereocenters. The monoisotopic (exact) mass is 329 g/mol. The van der Waals surface area contributed by atoms with Gasteiger partial charge in [-0.1, -0.05) is 23.7 Å². The number of fused-ring (bicyclic) bond motifs is 1. The van der Waals surface area contributed by atoms with Crippen LogP contribution in [0.25, 0.3) is 5.52 Å². The maximum absolute atomic E-state index is 12.4. The highest BCUT2D eigenvalue weighted by Gasteiger charge is 2.18. The molecule has 0 fully saturated rings. The van der Waals surface area contributed by atoms with Crippen LogP contribution < -0.4 is 5.32 Å². The quantitative estimate of drug-likeness (QED) is 0.750. The van der Waals surface area contributed by atoms with Gasteiger partial charge in [0.15, 0.2) is 5.69 Å². The minimum Gasteiger partial charge on any atom is -0.465 e. The van der Waals surface area contributed by atoms with Crippen LogP contribution in [0.15, 0.2) is 48.7 Å². The van der Waals surface area contributed by atoms with Crippen molar-refractivity contribution < 1.29 is 14.3 Å². The van der Waals surface area contributed by atoms with Crippen molar-refractivity contribution in [2.75, 3.05) is 12.4 Å². The zero-order valence-corrected chi connectivity index (χ0v) is 12.9. The van der Waals surface area contributed by atoms with E-state index in [0.717, 1.165) is 0 Å². The van der Waals surface area contributed by atoms with Crippen molar-refractivity contribution in [3.8, 4) is 0 Å². The Kier molecular flexibility index (Phi) is 3.99. The number of ether oxygens (including phenoxy) is 1. The molecule has 0 aliphatic carbocycles. The average Bonchev–Trinajstić information content (AvgIpc) is 2.92. The molecule has 0 saturated carbocycles. The van der Waals surface area contributed by atoms with Crippen LogP contribution in [-0.4, -0.2) is 28.6 Å². The van der Waals surface area contributed by atoms with Gasteiger partial charge in [-0.15, -0.1) is 0 Å². The number of halogens is 1. The molecule has 0 spiro atoms. The van der Waals surface area contributed by atoms with Gasteiger partial charge in [-0.25, -0.2) is 9.31 Å². The van der Waals surface area contributed by atoms with Gasteiger partial charge in [0.05, 0.1) is 23.2 Å². The predicted octanol–water partition coefficient (Wildman–Crippen LogP) is 3.03. The van der Waals surface area contributed by atoms with E-state index >= 15 is 0 Å². The van der Waals surface area contributed by atoms with Crippen molar-refractivity contribution in [3.05, 3.63) is 64.9 Å². The van der Waals surface area contributed by atoms with Gasteiger partial charge in [-0.3, -0.25) is 4.79 Å². The number of hydrogen-bond donors (Lipinski definition) is 1. The first-order chi connectivity index (χ1) is 11.1. The molecule has 116 valence electrons. The molecule has 3 aromatic rings. The summed E-state index contributed by atoms with van der Waals surface area (Å²) in [5.41, 5.74) is 1.54. The van der Waals surface area contributed by atoms with Crippen molar-refractivity contribution in [3.63, 3.8) is 0 Å². The highest BCUT2D eigenvalue weighted by Crippen LogP contribution is 2.22. The van der Waals surface area contributed by atoms with Crippen molar-refractivity contribution in [2.45, 2.75) is 0 Å². The van der Waals surface area contributed by atoms with E-state index in [-0.39, 0.29) is 10.7 Å². The number of carbonyl (C=O) groups is 2. The zero-order chi connectivity index (χ0) is 16.4. The summed E-state index contributed by atoms with van der Waals surface area (Å²) in [7, 11) is 1.30. The van der Waals surface area contributed by atoms with Crippen molar-refractivity contribution >= 4 is 34.7 Å². The third kappa shape index (κ3) is 2.89. The first-order valence-corrected chi connectivity index (χ1v) is 7.10. The molecule has 0 radical (unpaired) electrons. The minimum atomic E-state index is -0.480. The third-order valence-corrected chi connectivity index (χ3v) is 3.61. The lowest BCUT2D eigenvalue weighted by molar-refractivity contribution is 0.0600. The fourth-order valence-corrected chi connectivity index (χ4v) is 2.42. The molecule has 0 atom stereocenters. The molecule has 2 heterocycles. The number of esters is 1. The van der Waals surface area contributed by atoms with Crippen LogP contribution in [0.1, 0.15) is 20.8 Å². The highest BCUT2D eigenvalue weighted by molar-refractivity contribution is 6.37. The summed E-state index contributed by atoms with van der Waals surface area (Å²) in [5.74, 6) is -0.937. The zero-order valence-electron chi connectivity index (χ0n) is 12.1. The van der Waals surface area contributed by atoms with Crippen molar-refractivity contribution in [1.82, 2.24) is 9.61 Å². The Morgan fingerprint density at radius 1 is 1.22 bits per heavy atom. The number of benzene rings is 1.